The summed E-state index contributed by atoms with van der Waals surface area (Å²) in [7, 11) is -3.57. The molecule has 0 spiro atoms. The number of anilines is 2. The Labute approximate surface area is 171 Å². The minimum Gasteiger partial charge on any atom is -0.394 e. The van der Waals surface area contributed by atoms with E-state index in [0.29, 0.717) is 24.6 Å². The van der Waals surface area contributed by atoms with Crippen molar-refractivity contribution in [1.29, 1.82) is 0 Å². The third-order valence-electron chi connectivity index (χ3n) is 4.20. The first kappa shape index (κ1) is 23.0. The Hall–Kier alpha value is -2.33. The van der Waals surface area contributed by atoms with Crippen molar-refractivity contribution >= 4 is 21.9 Å². The van der Waals surface area contributed by atoms with Crippen molar-refractivity contribution in [2.45, 2.75) is 45.6 Å². The fourth-order valence-electron chi connectivity index (χ4n) is 2.90. The molecule has 0 aliphatic heterocycles. The molecule has 0 saturated carbocycles. The molecule has 2 atom stereocenters. The van der Waals surface area contributed by atoms with E-state index in [9.17, 15) is 17.9 Å². The van der Waals surface area contributed by atoms with Crippen LogP contribution in [0, 0.1) is 11.7 Å². The first-order chi connectivity index (χ1) is 13.6. The third-order valence-corrected chi connectivity index (χ3v) is 4.75. The number of hydrogen-bond donors (Lipinski definition) is 3. The molecule has 0 unspecified atom stereocenters. The van der Waals surface area contributed by atoms with Crippen molar-refractivity contribution in [3.63, 3.8) is 0 Å². The number of sulfonamides is 1. The molecule has 1 aromatic heterocycles. The average molecular weight is 426 g/mol. The topological polar surface area (TPSA) is 117 Å². The molecule has 2 rings (SSSR count). The van der Waals surface area contributed by atoms with Crippen LogP contribution in [0.5, 0.6) is 0 Å². The lowest BCUT2D eigenvalue weighted by molar-refractivity contribution is 0.259. The second kappa shape index (κ2) is 9.93. The van der Waals surface area contributed by atoms with Gasteiger partial charge in [0.2, 0.25) is 21.9 Å². The molecule has 0 aliphatic rings. The smallest absolute Gasteiger partial charge is 0.241 e. The molecule has 0 fully saturated rings. The third kappa shape index (κ3) is 7.90. The first-order valence-corrected chi connectivity index (χ1v) is 11.3. The van der Waals surface area contributed by atoms with Gasteiger partial charge in [-0.25, -0.2) is 12.8 Å². The van der Waals surface area contributed by atoms with Crippen LogP contribution < -0.4 is 10.0 Å². The summed E-state index contributed by atoms with van der Waals surface area (Å²) in [6.45, 7) is 5.90. The molecule has 0 bridgehead atoms. The fourth-order valence-corrected chi connectivity index (χ4v) is 3.32. The zero-order valence-electron chi connectivity index (χ0n) is 17.1. The molecular formula is C19H28FN5O3S. The van der Waals surface area contributed by atoms with E-state index >= 15 is 0 Å². The quantitative estimate of drug-likeness (QED) is 0.535. The number of aliphatic hydroxyl groups is 1. The Bertz CT molecular complexity index is 907. The van der Waals surface area contributed by atoms with Crippen LogP contribution in [0.25, 0.3) is 0 Å². The second-order valence-corrected chi connectivity index (χ2v) is 9.33. The molecule has 1 aromatic carbocycles. The number of rotatable bonds is 10. The van der Waals surface area contributed by atoms with Gasteiger partial charge in [0.25, 0.3) is 0 Å². The van der Waals surface area contributed by atoms with Crippen molar-refractivity contribution in [1.82, 2.24) is 15.0 Å². The zero-order valence-corrected chi connectivity index (χ0v) is 17.9. The number of nitrogens with zero attached hydrogens (tertiary/aromatic N) is 3. The first-order valence-electron chi connectivity index (χ1n) is 9.41. The predicted molar refractivity (Wildman–Crippen MR) is 111 cm³/mol. The van der Waals surface area contributed by atoms with Crippen LogP contribution in [0.3, 0.4) is 0 Å². The minimum atomic E-state index is -3.57. The van der Waals surface area contributed by atoms with Crippen LogP contribution in [-0.2, 0) is 16.4 Å². The Kier molecular flexibility index (Phi) is 7.86. The Morgan fingerprint density at radius 3 is 2.24 bits per heavy atom. The van der Waals surface area contributed by atoms with Crippen LogP contribution in [-0.4, -0.2) is 47.4 Å². The number of benzene rings is 1. The maximum absolute atomic E-state index is 13.2. The van der Waals surface area contributed by atoms with Crippen molar-refractivity contribution in [3.05, 3.63) is 41.5 Å². The number of nitrogens with one attached hydrogen (secondary N) is 2. The van der Waals surface area contributed by atoms with Gasteiger partial charge in [-0.2, -0.15) is 15.0 Å². The second-order valence-electron chi connectivity index (χ2n) is 7.58. The SMILES string of the molecule is CC(C)C[C@H](CO)Nc1nc(C[C@@H](C)c2ccc(F)cc2)nc(NS(C)(=O)=O)n1. The average Bonchev–Trinajstić information content (AvgIpc) is 2.59. The highest BCUT2D eigenvalue weighted by Gasteiger charge is 2.17. The Morgan fingerprint density at radius 1 is 1.07 bits per heavy atom. The van der Waals surface area contributed by atoms with E-state index < -0.39 is 10.0 Å². The number of aromatic nitrogens is 3. The zero-order chi connectivity index (χ0) is 21.6. The molecule has 0 radical (unpaired) electrons. The summed E-state index contributed by atoms with van der Waals surface area (Å²) < 4.78 is 38.7. The number of aliphatic hydroxyl groups excluding tert-OH is 1. The summed E-state index contributed by atoms with van der Waals surface area (Å²) in [5.74, 6) is 0.480. The molecule has 0 amide bonds. The van der Waals surface area contributed by atoms with Gasteiger partial charge in [0.05, 0.1) is 18.9 Å². The summed E-state index contributed by atoms with van der Waals surface area (Å²) in [6.07, 6.45) is 2.10. The molecule has 29 heavy (non-hydrogen) atoms. The Balaban J connectivity index is 2.29. The van der Waals surface area contributed by atoms with Gasteiger partial charge in [0, 0.05) is 6.42 Å². The lowest BCUT2D eigenvalue weighted by Gasteiger charge is -2.19. The van der Waals surface area contributed by atoms with Gasteiger partial charge < -0.3 is 10.4 Å². The van der Waals surface area contributed by atoms with E-state index in [2.05, 4.69) is 25.0 Å². The van der Waals surface area contributed by atoms with Gasteiger partial charge in [0.15, 0.2) is 0 Å². The largest absolute Gasteiger partial charge is 0.394 e. The van der Waals surface area contributed by atoms with Gasteiger partial charge in [-0.1, -0.05) is 32.9 Å². The summed E-state index contributed by atoms with van der Waals surface area (Å²) >= 11 is 0. The highest BCUT2D eigenvalue weighted by Crippen LogP contribution is 2.21. The highest BCUT2D eigenvalue weighted by molar-refractivity contribution is 7.91. The van der Waals surface area contributed by atoms with E-state index in [-0.39, 0.29) is 36.3 Å². The number of halogens is 1. The van der Waals surface area contributed by atoms with Crippen LogP contribution >= 0.6 is 0 Å². The van der Waals surface area contributed by atoms with E-state index in [4.69, 9.17) is 0 Å². The van der Waals surface area contributed by atoms with Gasteiger partial charge in [-0.3, -0.25) is 4.72 Å². The molecule has 2 aromatic rings. The summed E-state index contributed by atoms with van der Waals surface area (Å²) in [5.41, 5.74) is 0.909. The summed E-state index contributed by atoms with van der Waals surface area (Å²) in [4.78, 5) is 12.7. The molecule has 1 heterocycles. The van der Waals surface area contributed by atoms with Gasteiger partial charge in [-0.15, -0.1) is 0 Å². The Morgan fingerprint density at radius 2 is 1.69 bits per heavy atom. The van der Waals surface area contributed by atoms with E-state index in [1.54, 1.807) is 12.1 Å². The monoisotopic (exact) mass is 425 g/mol. The lowest BCUT2D eigenvalue weighted by atomic mass is 9.97. The fraction of sp³-hybridized carbons (Fsp3) is 0.526. The van der Waals surface area contributed by atoms with Gasteiger partial charge in [-0.05, 0) is 36.0 Å². The maximum Gasteiger partial charge on any atom is 0.241 e. The summed E-state index contributed by atoms with van der Waals surface area (Å²) in [6, 6.07) is 5.90. The van der Waals surface area contributed by atoms with Crippen LogP contribution in [0.2, 0.25) is 0 Å². The van der Waals surface area contributed by atoms with E-state index in [0.717, 1.165) is 11.8 Å². The lowest BCUT2D eigenvalue weighted by Crippen LogP contribution is -2.27. The molecule has 160 valence electrons. The van der Waals surface area contributed by atoms with Crippen molar-refractivity contribution in [2.75, 3.05) is 22.9 Å². The maximum atomic E-state index is 13.2. The predicted octanol–water partition coefficient (Wildman–Crippen LogP) is 2.55. The van der Waals surface area contributed by atoms with Crippen molar-refractivity contribution < 1.29 is 17.9 Å². The molecule has 0 saturated heterocycles. The minimum absolute atomic E-state index is 0.0266. The van der Waals surface area contributed by atoms with Crippen molar-refractivity contribution in [2.24, 2.45) is 5.92 Å². The normalized spacial score (nSPS) is 13.9. The molecule has 8 nitrogen and oxygen atoms in total. The van der Waals surface area contributed by atoms with Gasteiger partial charge in [0.1, 0.15) is 11.6 Å². The van der Waals surface area contributed by atoms with Crippen molar-refractivity contribution in [3.8, 4) is 0 Å². The van der Waals surface area contributed by atoms with Crippen LogP contribution in [0.1, 0.15) is 44.5 Å². The summed E-state index contributed by atoms with van der Waals surface area (Å²) in [5, 5.41) is 12.7. The van der Waals surface area contributed by atoms with Crippen LogP contribution in [0.15, 0.2) is 24.3 Å². The highest BCUT2D eigenvalue weighted by atomic mass is 32.2. The molecule has 10 heteroatoms. The molecular weight excluding hydrogens is 397 g/mol. The number of hydrogen-bond acceptors (Lipinski definition) is 7. The van der Waals surface area contributed by atoms with E-state index in [1.165, 1.54) is 12.1 Å². The standard InChI is InChI=1S/C19H28FN5O3S/c1-12(2)9-16(11-26)21-18-22-17(23-19(24-18)25-29(4,27)28)10-13(3)14-5-7-15(20)8-6-14/h5-8,12-13,16,26H,9-11H2,1-4H3,(H2,21,22,23,24,25)/t13-,16-/m1/s1. The van der Waals surface area contributed by atoms with Crippen LogP contribution in [0.4, 0.5) is 16.3 Å². The molecule has 3 N–H and O–H groups in total. The van der Waals surface area contributed by atoms with E-state index in [1.807, 2.05) is 20.8 Å². The molecule has 0 aliphatic carbocycles. The van der Waals surface area contributed by atoms with Gasteiger partial charge >= 0.3 is 0 Å².